The number of sulfonamides is 1. The monoisotopic (exact) mass is 601 g/mol. The van der Waals surface area contributed by atoms with E-state index in [4.69, 9.17) is 9.47 Å². The van der Waals surface area contributed by atoms with Gasteiger partial charge in [0.15, 0.2) is 0 Å². The van der Waals surface area contributed by atoms with Gasteiger partial charge >= 0.3 is 0 Å². The van der Waals surface area contributed by atoms with E-state index in [0.29, 0.717) is 23.7 Å². The summed E-state index contributed by atoms with van der Waals surface area (Å²) in [6, 6.07) is 29.9. The molecule has 4 aromatic carbocycles. The molecule has 0 unspecified atom stereocenters. The summed E-state index contributed by atoms with van der Waals surface area (Å²) in [6.07, 6.45) is 0.332. The minimum absolute atomic E-state index is 0.0347. The minimum atomic E-state index is -4.17. The van der Waals surface area contributed by atoms with Crippen molar-refractivity contribution >= 4 is 27.5 Å². The standard InChI is InChI=1S/C33H35N3O6S/c1-4-31(33(38)34-2)35(23-25-15-19-27(41-3)20-16-25)32(37)24-36(43(39,40)30-13-9-6-10-14-30)26-17-21-29(22-18-26)42-28-11-7-5-8-12-28/h5-22,31H,4,23-24H2,1-3H3,(H,34,38)/t31-/m0/s1. The highest BCUT2D eigenvalue weighted by Crippen LogP contribution is 2.29. The molecule has 0 aliphatic rings. The molecular weight excluding hydrogens is 566 g/mol. The van der Waals surface area contributed by atoms with E-state index in [9.17, 15) is 18.0 Å². The summed E-state index contributed by atoms with van der Waals surface area (Å²) in [5.41, 5.74) is 1.03. The van der Waals surface area contributed by atoms with Crippen molar-refractivity contribution in [2.24, 2.45) is 0 Å². The largest absolute Gasteiger partial charge is 0.497 e. The van der Waals surface area contributed by atoms with Crippen LogP contribution in [0.1, 0.15) is 18.9 Å². The highest BCUT2D eigenvalue weighted by atomic mass is 32.2. The highest BCUT2D eigenvalue weighted by Gasteiger charge is 2.33. The van der Waals surface area contributed by atoms with Crippen LogP contribution in [-0.2, 0) is 26.2 Å². The Hall–Kier alpha value is -4.83. The van der Waals surface area contributed by atoms with Gasteiger partial charge in [0.25, 0.3) is 10.0 Å². The summed E-state index contributed by atoms with van der Waals surface area (Å²) >= 11 is 0. The van der Waals surface area contributed by atoms with E-state index in [0.717, 1.165) is 9.87 Å². The van der Waals surface area contributed by atoms with Crippen LogP contribution in [0.4, 0.5) is 5.69 Å². The molecule has 0 spiro atoms. The van der Waals surface area contributed by atoms with E-state index < -0.39 is 28.5 Å². The van der Waals surface area contributed by atoms with E-state index in [-0.39, 0.29) is 23.0 Å². The molecule has 1 atom stereocenters. The van der Waals surface area contributed by atoms with Crippen LogP contribution in [-0.4, -0.2) is 51.9 Å². The van der Waals surface area contributed by atoms with Crippen LogP contribution in [0.5, 0.6) is 17.2 Å². The fourth-order valence-corrected chi connectivity index (χ4v) is 6.00. The molecule has 0 saturated heterocycles. The molecule has 2 amide bonds. The van der Waals surface area contributed by atoms with Gasteiger partial charge in [-0.25, -0.2) is 8.42 Å². The molecule has 0 heterocycles. The van der Waals surface area contributed by atoms with Crippen LogP contribution in [0.25, 0.3) is 0 Å². The SMILES string of the molecule is CC[C@@H](C(=O)NC)N(Cc1ccc(OC)cc1)C(=O)CN(c1ccc(Oc2ccccc2)cc1)S(=O)(=O)c1ccccc1. The first kappa shape index (κ1) is 31.1. The number of benzene rings is 4. The van der Waals surface area contributed by atoms with Crippen molar-refractivity contribution in [2.75, 3.05) is 25.0 Å². The van der Waals surface area contributed by atoms with Crippen LogP contribution in [0.15, 0.2) is 114 Å². The normalized spacial score (nSPS) is 11.7. The van der Waals surface area contributed by atoms with Crippen molar-refractivity contribution in [1.29, 1.82) is 0 Å². The lowest BCUT2D eigenvalue weighted by molar-refractivity contribution is -0.140. The third-order valence-corrected chi connectivity index (χ3v) is 8.65. The first-order valence-electron chi connectivity index (χ1n) is 13.8. The van der Waals surface area contributed by atoms with Gasteiger partial charge in [0.05, 0.1) is 17.7 Å². The summed E-state index contributed by atoms with van der Waals surface area (Å²) < 4.78 is 40.1. The van der Waals surface area contributed by atoms with Crippen LogP contribution >= 0.6 is 0 Å². The van der Waals surface area contributed by atoms with Gasteiger partial charge in [0.1, 0.15) is 29.8 Å². The molecule has 0 aliphatic carbocycles. The van der Waals surface area contributed by atoms with E-state index in [1.54, 1.807) is 80.8 Å². The number of nitrogens with zero attached hydrogens (tertiary/aromatic N) is 2. The number of carbonyl (C=O) groups excluding carboxylic acids is 2. The number of ether oxygens (including phenoxy) is 2. The molecule has 43 heavy (non-hydrogen) atoms. The second-order valence-corrected chi connectivity index (χ2v) is 11.5. The van der Waals surface area contributed by atoms with Crippen molar-refractivity contribution < 1.29 is 27.5 Å². The van der Waals surface area contributed by atoms with Gasteiger partial charge in [0, 0.05) is 13.6 Å². The molecule has 0 bridgehead atoms. The van der Waals surface area contributed by atoms with Crippen molar-refractivity contribution in [3.8, 4) is 17.2 Å². The van der Waals surface area contributed by atoms with E-state index in [2.05, 4.69) is 5.32 Å². The third-order valence-electron chi connectivity index (χ3n) is 6.86. The lowest BCUT2D eigenvalue weighted by Gasteiger charge is -2.33. The van der Waals surface area contributed by atoms with Crippen LogP contribution < -0.4 is 19.1 Å². The summed E-state index contributed by atoms with van der Waals surface area (Å²) in [4.78, 5) is 28.4. The van der Waals surface area contributed by atoms with Crippen LogP contribution in [0.3, 0.4) is 0 Å². The zero-order chi connectivity index (χ0) is 30.8. The lowest BCUT2D eigenvalue weighted by atomic mass is 10.1. The molecule has 1 N–H and O–H groups in total. The Labute approximate surface area is 252 Å². The molecule has 224 valence electrons. The number of hydrogen-bond acceptors (Lipinski definition) is 6. The third kappa shape index (κ3) is 7.72. The van der Waals surface area contributed by atoms with Crippen LogP contribution in [0.2, 0.25) is 0 Å². The summed E-state index contributed by atoms with van der Waals surface area (Å²) in [7, 11) is -1.10. The molecule has 10 heteroatoms. The van der Waals surface area contributed by atoms with E-state index in [1.807, 2.05) is 30.3 Å². The predicted molar refractivity (Wildman–Crippen MR) is 166 cm³/mol. The smallest absolute Gasteiger partial charge is 0.264 e. The number of carbonyl (C=O) groups is 2. The Morgan fingerprint density at radius 1 is 0.791 bits per heavy atom. The molecular formula is C33H35N3O6S. The Bertz CT molecular complexity index is 1600. The van der Waals surface area contributed by atoms with Crippen molar-refractivity contribution in [3.63, 3.8) is 0 Å². The van der Waals surface area contributed by atoms with Crippen molar-refractivity contribution in [3.05, 3.63) is 115 Å². The van der Waals surface area contributed by atoms with E-state index in [1.165, 1.54) is 24.1 Å². The molecule has 4 aromatic rings. The number of likely N-dealkylation sites (N-methyl/N-ethyl adjacent to an activating group) is 1. The molecule has 0 aromatic heterocycles. The van der Waals surface area contributed by atoms with Gasteiger partial charge in [-0.05, 0) is 72.6 Å². The quantitative estimate of drug-likeness (QED) is 0.225. The first-order chi connectivity index (χ1) is 20.8. The zero-order valence-electron chi connectivity index (χ0n) is 24.3. The number of methoxy groups -OCH3 is 1. The average Bonchev–Trinajstić information content (AvgIpc) is 3.04. The summed E-state index contributed by atoms with van der Waals surface area (Å²) in [5.74, 6) is 0.915. The Kier molecular flexibility index (Phi) is 10.4. The van der Waals surface area contributed by atoms with Gasteiger partial charge in [-0.2, -0.15) is 0 Å². The molecule has 0 fully saturated rings. The molecule has 0 radical (unpaired) electrons. The number of rotatable bonds is 13. The predicted octanol–water partition coefficient (Wildman–Crippen LogP) is 5.24. The first-order valence-corrected chi connectivity index (χ1v) is 15.3. The number of hydrogen-bond donors (Lipinski definition) is 1. The average molecular weight is 602 g/mol. The number of anilines is 1. The summed E-state index contributed by atoms with van der Waals surface area (Å²) in [6.45, 7) is 1.37. The topological polar surface area (TPSA) is 105 Å². The number of para-hydroxylation sites is 1. The number of amides is 2. The second kappa shape index (κ2) is 14.4. The molecule has 0 aliphatic heterocycles. The Morgan fingerprint density at radius 2 is 1.35 bits per heavy atom. The maximum absolute atomic E-state index is 14.1. The second-order valence-electron chi connectivity index (χ2n) is 9.64. The van der Waals surface area contributed by atoms with E-state index >= 15 is 0 Å². The Morgan fingerprint density at radius 3 is 1.91 bits per heavy atom. The van der Waals surface area contributed by atoms with Gasteiger partial charge in [-0.1, -0.05) is 55.5 Å². The maximum atomic E-state index is 14.1. The van der Waals surface area contributed by atoms with Crippen molar-refractivity contribution in [1.82, 2.24) is 10.2 Å². The number of nitrogens with one attached hydrogen (secondary N) is 1. The minimum Gasteiger partial charge on any atom is -0.497 e. The van der Waals surface area contributed by atoms with Crippen molar-refractivity contribution in [2.45, 2.75) is 30.8 Å². The Balaban J connectivity index is 1.70. The molecule has 0 saturated carbocycles. The van der Waals surface area contributed by atoms with Gasteiger partial charge in [0.2, 0.25) is 11.8 Å². The molecule has 4 rings (SSSR count). The van der Waals surface area contributed by atoms with Gasteiger partial charge in [-0.15, -0.1) is 0 Å². The van der Waals surface area contributed by atoms with Gasteiger partial charge in [-0.3, -0.25) is 13.9 Å². The van der Waals surface area contributed by atoms with Crippen LogP contribution in [0, 0.1) is 0 Å². The summed E-state index contributed by atoms with van der Waals surface area (Å²) in [5, 5.41) is 2.62. The van der Waals surface area contributed by atoms with Gasteiger partial charge < -0.3 is 19.7 Å². The highest BCUT2D eigenvalue weighted by molar-refractivity contribution is 7.92. The zero-order valence-corrected chi connectivity index (χ0v) is 25.2. The lowest BCUT2D eigenvalue weighted by Crippen LogP contribution is -2.51. The fraction of sp³-hybridized carbons (Fsp3) is 0.212. The molecule has 9 nitrogen and oxygen atoms in total. The fourth-order valence-electron chi connectivity index (χ4n) is 4.57. The maximum Gasteiger partial charge on any atom is 0.264 e.